The molecule has 0 heterocycles. The summed E-state index contributed by atoms with van der Waals surface area (Å²) in [7, 11) is 0. The summed E-state index contributed by atoms with van der Waals surface area (Å²) in [6.45, 7) is 3.77. The fourth-order valence-electron chi connectivity index (χ4n) is 1.16. The zero-order valence-electron chi connectivity index (χ0n) is 9.07. The van der Waals surface area contributed by atoms with Gasteiger partial charge in [-0.1, -0.05) is 18.5 Å². The van der Waals surface area contributed by atoms with Crippen LogP contribution in [0.4, 0.5) is 5.69 Å². The summed E-state index contributed by atoms with van der Waals surface area (Å²) >= 11 is 5.88. The third-order valence-electron chi connectivity index (χ3n) is 2.04. The topological polar surface area (TPSA) is 52.4 Å². The molecule has 0 spiro atoms. The van der Waals surface area contributed by atoms with E-state index >= 15 is 0 Å². The summed E-state index contributed by atoms with van der Waals surface area (Å²) in [5, 5.41) is 10.9. The largest absolute Gasteiger partial charge is 0.460 e. The van der Waals surface area contributed by atoms with Gasteiger partial charge in [0.1, 0.15) is 0 Å². The predicted octanol–water partition coefficient (Wildman–Crippen LogP) is 3.94. The zero-order chi connectivity index (χ0) is 12.1. The van der Waals surface area contributed by atoms with Gasteiger partial charge in [-0.25, -0.2) is 0 Å². The van der Waals surface area contributed by atoms with Crippen molar-refractivity contribution in [1.82, 2.24) is 0 Å². The van der Waals surface area contributed by atoms with Crippen LogP contribution in [-0.2, 0) is 0 Å². The summed E-state index contributed by atoms with van der Waals surface area (Å²) in [4.78, 5) is 10.1. The maximum absolute atomic E-state index is 10.6. The van der Waals surface area contributed by atoms with Gasteiger partial charge in [-0.05, 0) is 19.1 Å². The molecule has 0 atom stereocenters. The molecule has 0 bridgehead atoms. The smallest absolute Gasteiger partial charge is 0.273 e. The highest BCUT2D eigenvalue weighted by Gasteiger charge is 2.11. The van der Waals surface area contributed by atoms with E-state index in [9.17, 15) is 10.1 Å². The van der Waals surface area contributed by atoms with Gasteiger partial charge in [0, 0.05) is 12.5 Å². The highest BCUT2D eigenvalue weighted by molar-refractivity contribution is 6.32. The van der Waals surface area contributed by atoms with Crippen molar-refractivity contribution in [2.24, 2.45) is 0 Å². The molecule has 16 heavy (non-hydrogen) atoms. The highest BCUT2D eigenvalue weighted by atomic mass is 35.5. The van der Waals surface area contributed by atoms with Crippen molar-refractivity contribution in [3.05, 3.63) is 45.2 Å². The number of non-ortho nitro benzene ring substituents is 1. The maximum atomic E-state index is 10.6. The van der Waals surface area contributed by atoms with Crippen LogP contribution in [0.25, 0.3) is 0 Å². The van der Waals surface area contributed by atoms with Gasteiger partial charge in [-0.15, -0.1) is 0 Å². The molecule has 4 nitrogen and oxygen atoms in total. The first kappa shape index (κ1) is 12.5. The fourth-order valence-corrected chi connectivity index (χ4v) is 1.32. The van der Waals surface area contributed by atoms with Crippen molar-refractivity contribution in [2.75, 3.05) is 0 Å². The number of nitro benzene ring substituents is 1. The Morgan fingerprint density at radius 1 is 1.62 bits per heavy atom. The second kappa shape index (κ2) is 5.51. The van der Waals surface area contributed by atoms with E-state index in [1.54, 1.807) is 6.08 Å². The second-order valence-electron chi connectivity index (χ2n) is 3.08. The van der Waals surface area contributed by atoms with Crippen LogP contribution in [0, 0.1) is 10.1 Å². The molecule has 1 aromatic carbocycles. The average Bonchev–Trinajstić information content (AvgIpc) is 2.27. The molecule has 0 radical (unpaired) electrons. The van der Waals surface area contributed by atoms with E-state index in [2.05, 4.69) is 0 Å². The van der Waals surface area contributed by atoms with Crippen LogP contribution in [0.2, 0.25) is 5.02 Å². The minimum Gasteiger partial charge on any atom is -0.460 e. The number of hydrogen-bond donors (Lipinski definition) is 0. The molecule has 86 valence electrons. The lowest BCUT2D eigenvalue weighted by Gasteiger charge is -2.08. The maximum Gasteiger partial charge on any atom is 0.273 e. The van der Waals surface area contributed by atoms with Crippen molar-refractivity contribution in [2.45, 2.75) is 20.3 Å². The Bertz CT molecular complexity index is 429. The Hall–Kier alpha value is -1.55. The van der Waals surface area contributed by atoms with Crippen molar-refractivity contribution in [1.29, 1.82) is 0 Å². The Kier molecular flexibility index (Phi) is 4.31. The van der Waals surface area contributed by atoms with Crippen LogP contribution in [-0.4, -0.2) is 4.92 Å². The summed E-state index contributed by atoms with van der Waals surface area (Å²) < 4.78 is 5.46. The van der Waals surface area contributed by atoms with Gasteiger partial charge in [0.2, 0.25) is 0 Å². The molecule has 0 fully saturated rings. The molecule has 1 aromatic rings. The van der Waals surface area contributed by atoms with Crippen LogP contribution in [0.3, 0.4) is 0 Å². The Morgan fingerprint density at radius 3 is 2.81 bits per heavy atom. The number of rotatable bonds is 4. The van der Waals surface area contributed by atoms with E-state index in [0.29, 0.717) is 17.2 Å². The van der Waals surface area contributed by atoms with E-state index in [4.69, 9.17) is 16.3 Å². The van der Waals surface area contributed by atoms with Gasteiger partial charge in [0.25, 0.3) is 5.69 Å². The van der Waals surface area contributed by atoms with E-state index in [1.807, 2.05) is 13.8 Å². The van der Waals surface area contributed by atoms with Crippen LogP contribution < -0.4 is 4.74 Å². The molecule has 0 saturated carbocycles. The first-order valence-electron chi connectivity index (χ1n) is 4.85. The molecule has 0 unspecified atom stereocenters. The predicted molar refractivity (Wildman–Crippen MR) is 62.8 cm³/mol. The normalized spacial score (nSPS) is 11.3. The molecule has 1 rings (SSSR count). The SMILES string of the molecule is CC=C(CC)Oc1cc([N+](=O)[O-])ccc1Cl. The van der Waals surface area contributed by atoms with E-state index in [-0.39, 0.29) is 5.69 Å². The average molecular weight is 242 g/mol. The monoisotopic (exact) mass is 241 g/mol. The Balaban J connectivity index is 3.03. The standard InChI is InChI=1S/C11H12ClNO3/c1-3-9(4-2)16-11-7-8(13(14)15)5-6-10(11)12/h3,5-7H,4H2,1-2H3. The van der Waals surface area contributed by atoms with Crippen molar-refractivity contribution in [3.63, 3.8) is 0 Å². The van der Waals surface area contributed by atoms with E-state index in [0.717, 1.165) is 5.76 Å². The number of nitro groups is 1. The number of allylic oxidation sites excluding steroid dienone is 2. The summed E-state index contributed by atoms with van der Waals surface area (Å²) in [5.41, 5.74) is -0.0362. The molecule has 0 aliphatic heterocycles. The summed E-state index contributed by atoms with van der Waals surface area (Å²) in [6.07, 6.45) is 2.50. The first-order chi connectivity index (χ1) is 7.58. The molecular formula is C11H12ClNO3. The molecule has 5 heteroatoms. The van der Waals surface area contributed by atoms with Gasteiger partial charge in [0.05, 0.1) is 21.8 Å². The van der Waals surface area contributed by atoms with Crippen molar-refractivity contribution >= 4 is 17.3 Å². The van der Waals surface area contributed by atoms with Crippen LogP contribution in [0.5, 0.6) is 5.75 Å². The van der Waals surface area contributed by atoms with Crippen LogP contribution in [0.15, 0.2) is 30.0 Å². The lowest BCUT2D eigenvalue weighted by molar-refractivity contribution is -0.384. The second-order valence-corrected chi connectivity index (χ2v) is 3.49. The number of ether oxygens (including phenoxy) is 1. The van der Waals surface area contributed by atoms with Gasteiger partial charge in [-0.3, -0.25) is 10.1 Å². The van der Waals surface area contributed by atoms with Crippen LogP contribution >= 0.6 is 11.6 Å². The number of hydrogen-bond acceptors (Lipinski definition) is 3. The van der Waals surface area contributed by atoms with E-state index < -0.39 is 4.92 Å². The molecule has 0 aliphatic carbocycles. The quantitative estimate of drug-likeness (QED) is 0.456. The first-order valence-corrected chi connectivity index (χ1v) is 5.23. The highest BCUT2D eigenvalue weighted by Crippen LogP contribution is 2.30. The fraction of sp³-hybridized carbons (Fsp3) is 0.273. The van der Waals surface area contributed by atoms with Crippen molar-refractivity contribution < 1.29 is 9.66 Å². The van der Waals surface area contributed by atoms with E-state index in [1.165, 1.54) is 18.2 Å². The summed E-state index contributed by atoms with van der Waals surface area (Å²) in [6, 6.07) is 4.12. The minimum absolute atomic E-state index is 0.0362. The molecule has 0 N–H and O–H groups in total. The Morgan fingerprint density at radius 2 is 2.31 bits per heavy atom. The van der Waals surface area contributed by atoms with Gasteiger partial charge >= 0.3 is 0 Å². The molecule has 0 amide bonds. The third-order valence-corrected chi connectivity index (χ3v) is 2.35. The lowest BCUT2D eigenvalue weighted by Crippen LogP contribution is -1.95. The minimum atomic E-state index is -0.482. The molecular weight excluding hydrogens is 230 g/mol. The third kappa shape index (κ3) is 2.97. The van der Waals surface area contributed by atoms with Crippen molar-refractivity contribution in [3.8, 4) is 5.75 Å². The molecule has 0 aromatic heterocycles. The van der Waals surface area contributed by atoms with Crippen LogP contribution in [0.1, 0.15) is 20.3 Å². The molecule has 0 saturated heterocycles. The Labute approximate surface area is 98.6 Å². The lowest BCUT2D eigenvalue weighted by atomic mass is 10.3. The number of benzene rings is 1. The zero-order valence-corrected chi connectivity index (χ0v) is 9.82. The number of halogens is 1. The summed E-state index contributed by atoms with van der Waals surface area (Å²) in [5.74, 6) is 1.04. The number of nitrogens with zero attached hydrogens (tertiary/aromatic N) is 1. The molecule has 0 aliphatic rings. The van der Waals surface area contributed by atoms with Gasteiger partial charge < -0.3 is 4.74 Å². The van der Waals surface area contributed by atoms with Gasteiger partial charge in [0.15, 0.2) is 5.75 Å². The van der Waals surface area contributed by atoms with Gasteiger partial charge in [-0.2, -0.15) is 0 Å².